The van der Waals surface area contributed by atoms with Crippen molar-refractivity contribution in [3.63, 3.8) is 0 Å². The van der Waals surface area contributed by atoms with Crippen molar-refractivity contribution in [3.05, 3.63) is 63.6 Å². The number of thiazole rings is 1. The number of ether oxygens (including phenoxy) is 1. The Balaban J connectivity index is 1.52. The van der Waals surface area contributed by atoms with Gasteiger partial charge in [0.15, 0.2) is 0 Å². The molecule has 0 N–H and O–H groups in total. The Morgan fingerprint density at radius 1 is 1.21 bits per heavy atom. The molecule has 0 bridgehead atoms. The van der Waals surface area contributed by atoms with Gasteiger partial charge in [-0.1, -0.05) is 39.8 Å². The van der Waals surface area contributed by atoms with Gasteiger partial charge in [0, 0.05) is 15.6 Å². The maximum absolute atomic E-state index is 5.47. The fourth-order valence-electron chi connectivity index (χ4n) is 2.67. The van der Waals surface area contributed by atoms with Crippen LogP contribution in [0.2, 0.25) is 0 Å². The van der Waals surface area contributed by atoms with E-state index in [1.54, 1.807) is 34.9 Å². The normalized spacial score (nSPS) is 11.0. The summed E-state index contributed by atoms with van der Waals surface area (Å²) in [5.41, 5.74) is 4.06. The van der Waals surface area contributed by atoms with Crippen LogP contribution >= 0.6 is 39.0 Å². The average molecular weight is 474 g/mol. The largest absolute Gasteiger partial charge is 0.496 e. The third-order valence-electron chi connectivity index (χ3n) is 3.98. The molecule has 0 aliphatic carbocycles. The number of nitrogens with zero attached hydrogens (tertiary/aromatic N) is 5. The number of tetrazole rings is 1. The molecule has 2 aromatic carbocycles. The molecule has 6 nitrogen and oxygen atoms in total. The third-order valence-corrected chi connectivity index (χ3v) is 6.35. The zero-order valence-electron chi connectivity index (χ0n) is 15.2. The van der Waals surface area contributed by atoms with Crippen LogP contribution in [0.1, 0.15) is 11.3 Å². The zero-order chi connectivity index (χ0) is 19.5. The van der Waals surface area contributed by atoms with Crippen molar-refractivity contribution in [1.82, 2.24) is 25.2 Å². The van der Waals surface area contributed by atoms with E-state index in [1.165, 1.54) is 0 Å². The first kappa shape index (κ1) is 19.1. The minimum Gasteiger partial charge on any atom is -0.496 e. The number of aromatic nitrogens is 5. The Labute approximate surface area is 179 Å². The summed E-state index contributed by atoms with van der Waals surface area (Å²) < 4.78 is 8.21. The Morgan fingerprint density at radius 2 is 2.11 bits per heavy atom. The van der Waals surface area contributed by atoms with Gasteiger partial charge >= 0.3 is 0 Å². The van der Waals surface area contributed by atoms with Gasteiger partial charge in [0.2, 0.25) is 5.16 Å². The van der Waals surface area contributed by atoms with Gasteiger partial charge in [-0.25, -0.2) is 4.98 Å². The Kier molecular flexibility index (Phi) is 5.74. The Bertz CT molecular complexity index is 1110. The second-order valence-corrected chi connectivity index (χ2v) is 8.71. The van der Waals surface area contributed by atoms with Gasteiger partial charge in [-0.3, -0.25) is 0 Å². The van der Waals surface area contributed by atoms with Crippen LogP contribution in [0.15, 0.2) is 57.5 Å². The van der Waals surface area contributed by atoms with Crippen molar-refractivity contribution in [3.8, 4) is 22.0 Å². The molecule has 0 amide bonds. The quantitative estimate of drug-likeness (QED) is 0.360. The third kappa shape index (κ3) is 4.11. The molecule has 142 valence electrons. The molecule has 0 saturated carbocycles. The second-order valence-electron chi connectivity index (χ2n) is 5.99. The first-order valence-electron chi connectivity index (χ1n) is 8.40. The molecular formula is C19H16BrN5OS2. The van der Waals surface area contributed by atoms with E-state index in [0.29, 0.717) is 5.75 Å². The van der Waals surface area contributed by atoms with Crippen LogP contribution in [0, 0.1) is 6.92 Å². The van der Waals surface area contributed by atoms with Crippen LogP contribution in [0.4, 0.5) is 0 Å². The lowest BCUT2D eigenvalue weighted by Gasteiger charge is -2.06. The second kappa shape index (κ2) is 8.42. The lowest BCUT2D eigenvalue weighted by Crippen LogP contribution is -1.99. The number of rotatable bonds is 6. The lowest BCUT2D eigenvalue weighted by molar-refractivity contribution is 0.416. The molecule has 0 saturated heterocycles. The molecule has 28 heavy (non-hydrogen) atoms. The maximum atomic E-state index is 5.47. The number of halogens is 1. The molecule has 0 fully saturated rings. The van der Waals surface area contributed by atoms with Crippen LogP contribution in [0.5, 0.6) is 5.75 Å². The SMILES string of the molecule is COc1ccc(Br)cc1-c1nc(CSc2nnnn2-c2cccc(C)c2)cs1. The molecule has 0 atom stereocenters. The molecule has 4 aromatic rings. The predicted octanol–water partition coefficient (Wildman–Crippen LogP) is 5.16. The van der Waals surface area contributed by atoms with E-state index >= 15 is 0 Å². The molecule has 0 aliphatic rings. The molecule has 4 rings (SSSR count). The van der Waals surface area contributed by atoms with Gasteiger partial charge in [0.05, 0.1) is 24.1 Å². The van der Waals surface area contributed by atoms with E-state index in [0.717, 1.165) is 42.9 Å². The summed E-state index contributed by atoms with van der Waals surface area (Å²) in [5, 5.41) is 15.8. The number of aryl methyl sites for hydroxylation is 1. The number of hydrogen-bond donors (Lipinski definition) is 0. The molecule has 9 heteroatoms. The first-order valence-corrected chi connectivity index (χ1v) is 11.1. The molecule has 2 heterocycles. The highest BCUT2D eigenvalue weighted by Gasteiger charge is 2.13. The van der Waals surface area contributed by atoms with E-state index < -0.39 is 0 Å². The van der Waals surface area contributed by atoms with E-state index in [1.807, 2.05) is 43.3 Å². The van der Waals surface area contributed by atoms with E-state index in [2.05, 4.69) is 42.9 Å². The highest BCUT2D eigenvalue weighted by molar-refractivity contribution is 9.10. The summed E-state index contributed by atoms with van der Waals surface area (Å²) in [5.74, 6) is 1.49. The highest BCUT2D eigenvalue weighted by atomic mass is 79.9. The first-order chi connectivity index (χ1) is 13.6. The van der Waals surface area contributed by atoms with Crippen molar-refractivity contribution >= 4 is 39.0 Å². The van der Waals surface area contributed by atoms with Crippen molar-refractivity contribution in [1.29, 1.82) is 0 Å². The summed E-state index contributed by atoms with van der Waals surface area (Å²) in [4.78, 5) is 4.77. The van der Waals surface area contributed by atoms with Gasteiger partial charge in [-0.2, -0.15) is 4.68 Å². The van der Waals surface area contributed by atoms with Crippen molar-refractivity contribution in [2.75, 3.05) is 7.11 Å². The smallest absolute Gasteiger partial charge is 0.214 e. The molecule has 0 radical (unpaired) electrons. The molecular weight excluding hydrogens is 458 g/mol. The maximum Gasteiger partial charge on any atom is 0.214 e. The van der Waals surface area contributed by atoms with Gasteiger partial charge < -0.3 is 4.74 Å². The number of methoxy groups -OCH3 is 1. The summed E-state index contributed by atoms with van der Waals surface area (Å²) >= 11 is 6.67. The molecule has 0 unspecified atom stereocenters. The summed E-state index contributed by atoms with van der Waals surface area (Å²) in [6, 6.07) is 14.0. The number of thioether (sulfide) groups is 1. The molecule has 2 aromatic heterocycles. The van der Waals surface area contributed by atoms with Gasteiger partial charge in [0.1, 0.15) is 10.8 Å². The van der Waals surface area contributed by atoms with E-state index in [4.69, 9.17) is 9.72 Å². The Morgan fingerprint density at radius 3 is 2.93 bits per heavy atom. The van der Waals surface area contributed by atoms with Crippen molar-refractivity contribution in [2.45, 2.75) is 17.8 Å². The molecule has 0 spiro atoms. The average Bonchev–Trinajstić information content (AvgIpc) is 3.36. The summed E-state index contributed by atoms with van der Waals surface area (Å²) in [6.07, 6.45) is 0. The fraction of sp³-hybridized carbons (Fsp3) is 0.158. The Hall–Kier alpha value is -2.23. The summed E-state index contributed by atoms with van der Waals surface area (Å²) in [6.45, 7) is 2.05. The standard InChI is InChI=1S/C19H16BrN5OS2/c1-12-4-3-5-15(8-12)25-19(22-23-24-25)28-11-14-10-27-18(21-14)16-9-13(20)6-7-17(16)26-2/h3-10H,11H2,1-2H3. The van der Waals surface area contributed by atoms with Gasteiger partial charge in [-0.05, 0) is 53.2 Å². The van der Waals surface area contributed by atoms with Crippen molar-refractivity contribution < 1.29 is 4.74 Å². The van der Waals surface area contributed by atoms with Gasteiger partial charge in [-0.15, -0.1) is 16.4 Å². The fourth-order valence-corrected chi connectivity index (χ4v) is 4.76. The van der Waals surface area contributed by atoms with Gasteiger partial charge in [0.25, 0.3) is 0 Å². The lowest BCUT2D eigenvalue weighted by atomic mass is 10.2. The predicted molar refractivity (Wildman–Crippen MR) is 115 cm³/mol. The number of benzene rings is 2. The monoisotopic (exact) mass is 473 g/mol. The minimum atomic E-state index is 0.680. The van der Waals surface area contributed by atoms with E-state index in [-0.39, 0.29) is 0 Å². The molecule has 0 aliphatic heterocycles. The highest BCUT2D eigenvalue weighted by Crippen LogP contribution is 2.35. The minimum absolute atomic E-state index is 0.680. The zero-order valence-corrected chi connectivity index (χ0v) is 18.4. The van der Waals surface area contributed by atoms with E-state index in [9.17, 15) is 0 Å². The summed E-state index contributed by atoms with van der Waals surface area (Å²) in [7, 11) is 1.67. The number of hydrogen-bond acceptors (Lipinski definition) is 7. The van der Waals surface area contributed by atoms with Crippen LogP contribution < -0.4 is 4.74 Å². The van der Waals surface area contributed by atoms with Crippen LogP contribution in [0.25, 0.3) is 16.3 Å². The van der Waals surface area contributed by atoms with Crippen LogP contribution in [-0.4, -0.2) is 32.3 Å². The van der Waals surface area contributed by atoms with Crippen molar-refractivity contribution in [2.24, 2.45) is 0 Å². The topological polar surface area (TPSA) is 65.7 Å². The van der Waals surface area contributed by atoms with Crippen LogP contribution in [0.3, 0.4) is 0 Å². The van der Waals surface area contributed by atoms with Crippen LogP contribution in [-0.2, 0) is 5.75 Å².